The third kappa shape index (κ3) is 5.88. The summed E-state index contributed by atoms with van der Waals surface area (Å²) in [4.78, 5) is 12.3. The van der Waals surface area contributed by atoms with Gasteiger partial charge in [-0.15, -0.1) is 11.3 Å². The van der Waals surface area contributed by atoms with E-state index in [9.17, 15) is 0 Å². The van der Waals surface area contributed by atoms with E-state index in [2.05, 4.69) is 53.3 Å². The van der Waals surface area contributed by atoms with Crippen molar-refractivity contribution in [3.8, 4) is 0 Å². The molecule has 0 saturated heterocycles. The molecule has 0 fully saturated rings. The first-order valence-corrected chi connectivity index (χ1v) is 7.94. The minimum absolute atomic E-state index is 0.857. The highest BCUT2D eigenvalue weighted by Gasteiger charge is 2.04. The highest BCUT2D eigenvalue weighted by Crippen LogP contribution is 2.16. The summed E-state index contributed by atoms with van der Waals surface area (Å²) in [6.45, 7) is 10.2. The number of rotatable bonds is 7. The zero-order valence-electron chi connectivity index (χ0n) is 13.3. The molecule has 0 spiro atoms. The van der Waals surface area contributed by atoms with Crippen LogP contribution in [0, 0.1) is 13.8 Å². The van der Waals surface area contributed by atoms with Crippen LogP contribution in [0.1, 0.15) is 22.5 Å². The van der Waals surface area contributed by atoms with Crippen LogP contribution in [0.3, 0.4) is 0 Å². The standard InChI is InChI=1S/C14H27N5S/c1-6-19(5)10-9-17-14(15-4)16-8-7-13-18-11(2)12(3)20-13/h6-10H2,1-5H3,(H2,15,16,17). The maximum Gasteiger partial charge on any atom is 0.191 e. The number of thiazole rings is 1. The molecule has 1 aromatic heterocycles. The minimum atomic E-state index is 0.857. The summed E-state index contributed by atoms with van der Waals surface area (Å²) >= 11 is 1.78. The van der Waals surface area contributed by atoms with Crippen LogP contribution in [0.15, 0.2) is 4.99 Å². The van der Waals surface area contributed by atoms with Gasteiger partial charge >= 0.3 is 0 Å². The Bertz CT molecular complexity index is 408. The molecular weight excluding hydrogens is 270 g/mol. The van der Waals surface area contributed by atoms with Crippen molar-refractivity contribution in [2.45, 2.75) is 27.2 Å². The van der Waals surface area contributed by atoms with Gasteiger partial charge in [-0.25, -0.2) is 4.98 Å². The molecule has 1 heterocycles. The lowest BCUT2D eigenvalue weighted by Gasteiger charge is -2.16. The van der Waals surface area contributed by atoms with Crippen LogP contribution in [0.4, 0.5) is 0 Å². The van der Waals surface area contributed by atoms with Gasteiger partial charge in [0.05, 0.1) is 10.7 Å². The van der Waals surface area contributed by atoms with Crippen LogP contribution in [0.2, 0.25) is 0 Å². The first-order chi connectivity index (χ1) is 9.56. The van der Waals surface area contributed by atoms with E-state index in [4.69, 9.17) is 0 Å². The van der Waals surface area contributed by atoms with Gasteiger partial charge in [-0.2, -0.15) is 0 Å². The number of aryl methyl sites for hydroxylation is 2. The van der Waals surface area contributed by atoms with E-state index in [0.717, 1.165) is 44.3 Å². The monoisotopic (exact) mass is 297 g/mol. The summed E-state index contributed by atoms with van der Waals surface area (Å²) in [6.07, 6.45) is 0.939. The van der Waals surface area contributed by atoms with Crippen molar-refractivity contribution in [2.24, 2.45) is 4.99 Å². The van der Waals surface area contributed by atoms with Gasteiger partial charge in [0.25, 0.3) is 0 Å². The Morgan fingerprint density at radius 1 is 1.30 bits per heavy atom. The Morgan fingerprint density at radius 3 is 2.55 bits per heavy atom. The first kappa shape index (κ1) is 16.9. The largest absolute Gasteiger partial charge is 0.356 e. The molecule has 0 amide bonds. The lowest BCUT2D eigenvalue weighted by Crippen LogP contribution is -2.41. The molecule has 0 bridgehead atoms. The Morgan fingerprint density at radius 2 is 2.00 bits per heavy atom. The molecule has 114 valence electrons. The molecule has 2 N–H and O–H groups in total. The molecule has 0 radical (unpaired) electrons. The quantitative estimate of drug-likeness (QED) is 0.590. The fourth-order valence-corrected chi connectivity index (χ4v) is 2.61. The number of aliphatic imine (C=N–C) groups is 1. The van der Waals surface area contributed by atoms with E-state index in [1.807, 2.05) is 0 Å². The summed E-state index contributed by atoms with van der Waals surface area (Å²) in [5.74, 6) is 0.861. The normalized spacial score (nSPS) is 12.0. The third-order valence-electron chi connectivity index (χ3n) is 3.25. The van der Waals surface area contributed by atoms with Gasteiger partial charge in [-0.1, -0.05) is 6.92 Å². The number of nitrogens with zero attached hydrogens (tertiary/aromatic N) is 3. The maximum atomic E-state index is 4.54. The topological polar surface area (TPSA) is 52.5 Å². The van der Waals surface area contributed by atoms with Gasteiger partial charge in [0, 0.05) is 38.0 Å². The van der Waals surface area contributed by atoms with Gasteiger partial charge in [-0.05, 0) is 27.4 Å². The molecule has 5 nitrogen and oxygen atoms in total. The molecule has 6 heteroatoms. The number of hydrogen-bond acceptors (Lipinski definition) is 4. The summed E-state index contributed by atoms with van der Waals surface area (Å²) in [5, 5.41) is 7.83. The molecule has 1 aromatic rings. The van der Waals surface area contributed by atoms with Gasteiger partial charge in [0.1, 0.15) is 0 Å². The van der Waals surface area contributed by atoms with Crippen molar-refractivity contribution in [3.63, 3.8) is 0 Å². The van der Waals surface area contributed by atoms with Crippen LogP contribution in [0.5, 0.6) is 0 Å². The third-order valence-corrected chi connectivity index (χ3v) is 4.39. The van der Waals surface area contributed by atoms with E-state index < -0.39 is 0 Å². The smallest absolute Gasteiger partial charge is 0.191 e. The van der Waals surface area contributed by atoms with E-state index >= 15 is 0 Å². The van der Waals surface area contributed by atoms with Crippen LogP contribution in [0.25, 0.3) is 0 Å². The predicted molar refractivity (Wildman–Crippen MR) is 87.8 cm³/mol. The second kappa shape index (κ2) is 8.92. The van der Waals surface area contributed by atoms with Crippen LogP contribution in [-0.2, 0) is 6.42 Å². The Kier molecular flexibility index (Phi) is 7.54. The SMILES string of the molecule is CCN(C)CCNC(=NC)NCCc1nc(C)c(C)s1. The minimum Gasteiger partial charge on any atom is -0.356 e. The highest BCUT2D eigenvalue weighted by molar-refractivity contribution is 7.11. The maximum absolute atomic E-state index is 4.54. The summed E-state index contributed by atoms with van der Waals surface area (Å²) < 4.78 is 0. The number of guanidine groups is 1. The van der Waals surface area contributed by atoms with Crippen molar-refractivity contribution in [1.82, 2.24) is 20.5 Å². The molecule has 0 aliphatic heterocycles. The van der Waals surface area contributed by atoms with Crippen LogP contribution < -0.4 is 10.6 Å². The number of nitrogens with one attached hydrogen (secondary N) is 2. The van der Waals surface area contributed by atoms with Crippen molar-refractivity contribution in [1.29, 1.82) is 0 Å². The highest BCUT2D eigenvalue weighted by atomic mass is 32.1. The van der Waals surface area contributed by atoms with E-state index in [0.29, 0.717) is 0 Å². The summed E-state index contributed by atoms with van der Waals surface area (Å²) in [5.41, 5.74) is 1.15. The zero-order valence-corrected chi connectivity index (χ0v) is 14.1. The molecule has 0 aliphatic rings. The van der Waals surface area contributed by atoms with Crippen LogP contribution in [-0.4, -0.2) is 56.1 Å². The van der Waals surface area contributed by atoms with Crippen molar-refractivity contribution in [2.75, 3.05) is 40.3 Å². The lowest BCUT2D eigenvalue weighted by atomic mass is 10.4. The summed E-state index contributed by atoms with van der Waals surface area (Å²) in [6, 6.07) is 0. The molecular formula is C14H27N5S. The molecule has 20 heavy (non-hydrogen) atoms. The zero-order chi connectivity index (χ0) is 15.0. The fraction of sp³-hybridized carbons (Fsp3) is 0.714. The Hall–Kier alpha value is -1.14. The predicted octanol–water partition coefficient (Wildman–Crippen LogP) is 1.42. The van der Waals surface area contributed by atoms with Crippen LogP contribution >= 0.6 is 11.3 Å². The number of likely N-dealkylation sites (N-methyl/N-ethyl adjacent to an activating group) is 1. The lowest BCUT2D eigenvalue weighted by molar-refractivity contribution is 0.357. The van der Waals surface area contributed by atoms with Gasteiger partial charge < -0.3 is 15.5 Å². The average molecular weight is 297 g/mol. The average Bonchev–Trinajstić information content (AvgIpc) is 2.75. The second-order valence-corrected chi connectivity index (χ2v) is 6.11. The van der Waals surface area contributed by atoms with Gasteiger partial charge in [0.15, 0.2) is 5.96 Å². The van der Waals surface area contributed by atoms with Crippen molar-refractivity contribution in [3.05, 3.63) is 15.6 Å². The van der Waals surface area contributed by atoms with Gasteiger partial charge in [-0.3, -0.25) is 4.99 Å². The van der Waals surface area contributed by atoms with Gasteiger partial charge in [0.2, 0.25) is 0 Å². The second-order valence-electron chi connectivity index (χ2n) is 4.82. The Balaban J connectivity index is 2.24. The molecule has 1 rings (SSSR count). The Labute approximate surface area is 126 Å². The number of hydrogen-bond donors (Lipinski definition) is 2. The molecule has 0 atom stereocenters. The molecule has 0 aromatic carbocycles. The molecule has 0 aliphatic carbocycles. The molecule has 0 saturated carbocycles. The van der Waals surface area contributed by atoms with Crippen molar-refractivity contribution < 1.29 is 0 Å². The van der Waals surface area contributed by atoms with E-state index in [1.54, 1.807) is 18.4 Å². The van der Waals surface area contributed by atoms with Crippen molar-refractivity contribution >= 4 is 17.3 Å². The summed E-state index contributed by atoms with van der Waals surface area (Å²) in [7, 11) is 3.92. The van der Waals surface area contributed by atoms with E-state index in [1.165, 1.54) is 9.88 Å². The van der Waals surface area contributed by atoms with E-state index in [-0.39, 0.29) is 0 Å². The fourth-order valence-electron chi connectivity index (χ4n) is 1.68. The molecule has 0 unspecified atom stereocenters. The number of aromatic nitrogens is 1. The first-order valence-electron chi connectivity index (χ1n) is 7.12.